The Morgan fingerprint density at radius 3 is 2.16 bits per heavy atom. The molecule has 0 saturated carbocycles. The number of benzene rings is 1. The van der Waals surface area contributed by atoms with Crippen molar-refractivity contribution in [3.63, 3.8) is 0 Å². The number of alkyl halides is 1. The van der Waals surface area contributed by atoms with Gasteiger partial charge in [0.05, 0.1) is 10.6 Å². The number of allylic oxidation sites excluding steroid dienone is 4. The van der Waals surface area contributed by atoms with Gasteiger partial charge in [0.25, 0.3) is 10.0 Å². The Morgan fingerprint density at radius 2 is 1.63 bits per heavy atom. The number of hydrogen-bond donors (Lipinski definition) is 0. The molecule has 100 valence electrons. The lowest BCUT2D eigenvalue weighted by Gasteiger charge is -2.13. The Balaban J connectivity index is 2.33. The largest absolute Gasteiger partial charge is 0.282 e. The molecule has 2 rings (SSSR count). The smallest absolute Gasteiger partial charge is 0.235 e. The molecule has 0 fully saturated rings. The van der Waals surface area contributed by atoms with Crippen LogP contribution in [0.4, 0.5) is 4.39 Å². The van der Waals surface area contributed by atoms with Gasteiger partial charge >= 0.3 is 0 Å². The summed E-state index contributed by atoms with van der Waals surface area (Å²) in [5, 5.41) is 0. The molecule has 1 aromatic carbocycles. The van der Waals surface area contributed by atoms with E-state index in [4.69, 9.17) is 0 Å². The maximum Gasteiger partial charge on any atom is 0.282 e. The van der Waals surface area contributed by atoms with Gasteiger partial charge in [-0.05, 0) is 50.3 Å². The summed E-state index contributed by atoms with van der Waals surface area (Å²) in [6.07, 6.45) is 5.28. The van der Waals surface area contributed by atoms with Crippen molar-refractivity contribution in [1.82, 2.24) is 0 Å². The van der Waals surface area contributed by atoms with E-state index in [-0.39, 0.29) is 10.6 Å². The van der Waals surface area contributed by atoms with Crippen molar-refractivity contribution in [3.8, 4) is 0 Å². The minimum Gasteiger partial charge on any atom is -0.235 e. The molecule has 0 heterocycles. The molecule has 0 bridgehead atoms. The Bertz CT molecular complexity index is 650. The van der Waals surface area contributed by atoms with Gasteiger partial charge in [0.15, 0.2) is 0 Å². The number of halogens is 1. The van der Waals surface area contributed by atoms with Gasteiger partial charge in [0, 0.05) is 0 Å². The molecule has 0 radical (unpaired) electrons. The predicted molar refractivity (Wildman–Crippen MR) is 73.6 cm³/mol. The molecule has 19 heavy (non-hydrogen) atoms. The first-order valence-electron chi connectivity index (χ1n) is 5.78. The highest BCUT2D eigenvalue weighted by atomic mass is 32.2. The van der Waals surface area contributed by atoms with Crippen LogP contribution < -0.4 is 0 Å². The number of aryl methyl sites for hydroxylation is 1. The van der Waals surface area contributed by atoms with Crippen LogP contribution in [0.1, 0.15) is 12.5 Å². The first-order valence-corrected chi connectivity index (χ1v) is 7.22. The SMILES string of the molecule is Cc1ccc(S(=O)(=O)N=C2C=CC(C)(F)C=C2)cc1. The average Bonchev–Trinajstić information content (AvgIpc) is 2.32. The van der Waals surface area contributed by atoms with E-state index >= 15 is 0 Å². The summed E-state index contributed by atoms with van der Waals surface area (Å²) >= 11 is 0. The zero-order valence-electron chi connectivity index (χ0n) is 10.7. The Morgan fingerprint density at radius 1 is 1.11 bits per heavy atom. The zero-order chi connectivity index (χ0) is 14.1. The number of rotatable bonds is 2. The van der Waals surface area contributed by atoms with Crippen LogP contribution in [-0.2, 0) is 10.0 Å². The van der Waals surface area contributed by atoms with Gasteiger partial charge in [-0.1, -0.05) is 17.7 Å². The quantitative estimate of drug-likeness (QED) is 0.835. The molecule has 0 atom stereocenters. The monoisotopic (exact) mass is 279 g/mol. The van der Waals surface area contributed by atoms with E-state index in [2.05, 4.69) is 4.40 Å². The van der Waals surface area contributed by atoms with E-state index in [0.29, 0.717) is 0 Å². The molecule has 1 aromatic rings. The lowest BCUT2D eigenvalue weighted by Crippen LogP contribution is -2.15. The van der Waals surface area contributed by atoms with Crippen LogP contribution >= 0.6 is 0 Å². The molecular formula is C14H14FNO2S. The highest BCUT2D eigenvalue weighted by Crippen LogP contribution is 2.19. The molecule has 0 aromatic heterocycles. The fourth-order valence-electron chi connectivity index (χ4n) is 1.57. The third kappa shape index (κ3) is 3.38. The minimum atomic E-state index is -3.75. The third-order valence-corrected chi connectivity index (χ3v) is 4.02. The van der Waals surface area contributed by atoms with Crippen LogP contribution in [0.15, 0.2) is 57.9 Å². The number of nitrogens with zero attached hydrogens (tertiary/aromatic N) is 1. The summed E-state index contributed by atoms with van der Waals surface area (Å²) in [7, 11) is -3.75. The van der Waals surface area contributed by atoms with Crippen LogP contribution in [0.3, 0.4) is 0 Å². The normalized spacial score (nSPS) is 22.6. The second kappa shape index (κ2) is 4.74. The highest BCUT2D eigenvalue weighted by Gasteiger charge is 2.19. The van der Waals surface area contributed by atoms with E-state index in [1.807, 2.05) is 6.92 Å². The maximum absolute atomic E-state index is 13.5. The second-order valence-corrected chi connectivity index (χ2v) is 6.23. The lowest BCUT2D eigenvalue weighted by atomic mass is 10.0. The first kappa shape index (κ1) is 13.7. The van der Waals surface area contributed by atoms with Gasteiger partial charge in [-0.25, -0.2) is 4.39 Å². The van der Waals surface area contributed by atoms with Crippen molar-refractivity contribution in [3.05, 3.63) is 54.1 Å². The van der Waals surface area contributed by atoms with Gasteiger partial charge in [-0.15, -0.1) is 0 Å². The minimum absolute atomic E-state index is 0.126. The van der Waals surface area contributed by atoms with Crippen LogP contribution in [-0.4, -0.2) is 19.8 Å². The van der Waals surface area contributed by atoms with Crippen LogP contribution in [0.2, 0.25) is 0 Å². The number of hydrogen-bond acceptors (Lipinski definition) is 2. The predicted octanol–water partition coefficient (Wildman–Crippen LogP) is 2.98. The highest BCUT2D eigenvalue weighted by molar-refractivity contribution is 7.90. The van der Waals surface area contributed by atoms with Crippen LogP contribution in [0.5, 0.6) is 0 Å². The molecule has 5 heteroatoms. The van der Waals surface area contributed by atoms with Crippen LogP contribution in [0, 0.1) is 6.92 Å². The van der Waals surface area contributed by atoms with Gasteiger partial charge < -0.3 is 0 Å². The Labute approximate surface area is 112 Å². The molecule has 0 unspecified atom stereocenters. The third-order valence-electron chi connectivity index (χ3n) is 2.70. The second-order valence-electron chi connectivity index (χ2n) is 4.62. The van der Waals surface area contributed by atoms with E-state index in [1.165, 1.54) is 43.4 Å². The standard InChI is InChI=1S/C14H14FNO2S/c1-11-3-5-13(6-4-11)19(17,18)16-12-7-9-14(2,15)10-8-12/h3-10H,1-2H3. The molecule has 1 aliphatic rings. The molecule has 0 saturated heterocycles. The summed E-state index contributed by atoms with van der Waals surface area (Å²) in [4.78, 5) is 0.126. The van der Waals surface area contributed by atoms with Crippen molar-refractivity contribution >= 4 is 15.7 Å². The number of sulfonamides is 1. The van der Waals surface area contributed by atoms with Crippen LogP contribution in [0.25, 0.3) is 0 Å². The van der Waals surface area contributed by atoms with Crippen molar-refractivity contribution in [2.45, 2.75) is 24.4 Å². The van der Waals surface area contributed by atoms with E-state index in [0.717, 1.165) is 5.56 Å². The molecule has 0 amide bonds. The molecule has 0 N–H and O–H groups in total. The summed E-state index contributed by atoms with van der Waals surface area (Å²) in [5.74, 6) is 0. The van der Waals surface area contributed by atoms with Gasteiger partial charge in [-0.2, -0.15) is 12.8 Å². The van der Waals surface area contributed by atoms with Gasteiger partial charge in [0.2, 0.25) is 0 Å². The summed E-state index contributed by atoms with van der Waals surface area (Å²) in [6, 6.07) is 6.42. The molecule has 1 aliphatic carbocycles. The average molecular weight is 279 g/mol. The Hall–Kier alpha value is -1.75. The van der Waals surface area contributed by atoms with E-state index in [1.54, 1.807) is 12.1 Å². The lowest BCUT2D eigenvalue weighted by molar-refractivity contribution is 0.327. The molecular weight excluding hydrogens is 265 g/mol. The first-order chi connectivity index (χ1) is 8.78. The molecule has 0 aliphatic heterocycles. The zero-order valence-corrected chi connectivity index (χ0v) is 11.5. The van der Waals surface area contributed by atoms with Crippen molar-refractivity contribution in [2.24, 2.45) is 4.40 Å². The summed E-state index contributed by atoms with van der Waals surface area (Å²) in [5.41, 5.74) is -0.361. The van der Waals surface area contributed by atoms with Crippen molar-refractivity contribution < 1.29 is 12.8 Å². The maximum atomic E-state index is 13.5. The fraction of sp³-hybridized carbons (Fsp3) is 0.214. The topological polar surface area (TPSA) is 46.5 Å². The molecule has 0 spiro atoms. The molecule has 3 nitrogen and oxygen atoms in total. The van der Waals surface area contributed by atoms with Gasteiger partial charge in [0.1, 0.15) is 5.67 Å². The summed E-state index contributed by atoms with van der Waals surface area (Å²) < 4.78 is 41.2. The van der Waals surface area contributed by atoms with Crippen molar-refractivity contribution in [1.29, 1.82) is 0 Å². The van der Waals surface area contributed by atoms with E-state index < -0.39 is 15.7 Å². The van der Waals surface area contributed by atoms with Gasteiger partial charge in [-0.3, -0.25) is 0 Å². The fourth-order valence-corrected chi connectivity index (χ4v) is 2.56. The Kier molecular flexibility index (Phi) is 3.41. The van der Waals surface area contributed by atoms with Crippen molar-refractivity contribution in [2.75, 3.05) is 0 Å². The van der Waals surface area contributed by atoms with E-state index in [9.17, 15) is 12.8 Å². The summed E-state index contributed by atoms with van der Waals surface area (Å²) in [6.45, 7) is 3.25.